The lowest BCUT2D eigenvalue weighted by Gasteiger charge is -2.26. The number of aromatic nitrogens is 1. The van der Waals surface area contributed by atoms with Gasteiger partial charge in [0.05, 0.1) is 6.61 Å². The third-order valence-electron chi connectivity index (χ3n) is 2.83. The molecule has 1 aliphatic rings. The minimum Gasteiger partial charge on any atom is -0.380 e. The van der Waals surface area contributed by atoms with Crippen LogP contribution in [0, 0.1) is 0 Å². The molecule has 15 heavy (non-hydrogen) atoms. The van der Waals surface area contributed by atoms with Crippen molar-refractivity contribution < 1.29 is 4.74 Å². The molecule has 82 valence electrons. The first-order valence-corrected chi connectivity index (χ1v) is 5.60. The highest BCUT2D eigenvalue weighted by Gasteiger charge is 2.16. The van der Waals surface area contributed by atoms with Crippen LogP contribution in [0.3, 0.4) is 0 Å². The van der Waals surface area contributed by atoms with Gasteiger partial charge in [0.1, 0.15) is 0 Å². The van der Waals surface area contributed by atoms with Gasteiger partial charge in [-0.25, -0.2) is 0 Å². The summed E-state index contributed by atoms with van der Waals surface area (Å²) in [5, 5.41) is 3.57. The number of hydrogen-bond acceptors (Lipinski definition) is 3. The molecule has 0 spiro atoms. The molecule has 1 aliphatic heterocycles. The van der Waals surface area contributed by atoms with E-state index in [1.165, 1.54) is 12.0 Å². The lowest BCUT2D eigenvalue weighted by Crippen LogP contribution is -2.38. The van der Waals surface area contributed by atoms with Gasteiger partial charge in [-0.2, -0.15) is 0 Å². The molecular weight excluding hydrogens is 188 g/mol. The second kappa shape index (κ2) is 5.24. The Balaban J connectivity index is 1.88. The number of rotatable bonds is 3. The molecule has 2 rings (SSSR count). The predicted molar refractivity (Wildman–Crippen MR) is 59.6 cm³/mol. The van der Waals surface area contributed by atoms with E-state index in [1.54, 1.807) is 6.20 Å². The Hall–Kier alpha value is -0.930. The first kappa shape index (κ1) is 10.6. The van der Waals surface area contributed by atoms with Gasteiger partial charge in [0.2, 0.25) is 0 Å². The maximum Gasteiger partial charge on any atom is 0.0619 e. The second-order valence-electron chi connectivity index (χ2n) is 4.09. The maximum atomic E-state index is 5.44. The Labute approximate surface area is 90.9 Å². The SMILES string of the molecule is CC(NC1CCCOC1)c1cccnc1. The lowest BCUT2D eigenvalue weighted by molar-refractivity contribution is 0.0671. The highest BCUT2D eigenvalue weighted by atomic mass is 16.5. The third kappa shape index (κ3) is 3.01. The van der Waals surface area contributed by atoms with E-state index in [9.17, 15) is 0 Å². The van der Waals surface area contributed by atoms with Crippen molar-refractivity contribution in [1.29, 1.82) is 0 Å². The molecule has 2 atom stereocenters. The van der Waals surface area contributed by atoms with E-state index in [0.717, 1.165) is 19.6 Å². The number of nitrogens with one attached hydrogen (secondary N) is 1. The summed E-state index contributed by atoms with van der Waals surface area (Å²) >= 11 is 0. The van der Waals surface area contributed by atoms with Crippen LogP contribution < -0.4 is 5.32 Å². The van der Waals surface area contributed by atoms with Gasteiger partial charge in [0.25, 0.3) is 0 Å². The lowest BCUT2D eigenvalue weighted by atomic mass is 10.1. The number of nitrogens with zero attached hydrogens (tertiary/aromatic N) is 1. The Kier molecular flexibility index (Phi) is 3.69. The predicted octanol–water partition coefficient (Wildman–Crippen LogP) is 1.91. The minimum absolute atomic E-state index is 0.352. The minimum atomic E-state index is 0.352. The molecule has 1 saturated heterocycles. The molecule has 1 aromatic rings. The molecule has 0 saturated carbocycles. The monoisotopic (exact) mass is 206 g/mol. The van der Waals surface area contributed by atoms with E-state index in [-0.39, 0.29) is 0 Å². The maximum absolute atomic E-state index is 5.44. The summed E-state index contributed by atoms with van der Waals surface area (Å²) in [4.78, 5) is 4.13. The summed E-state index contributed by atoms with van der Waals surface area (Å²) < 4.78 is 5.44. The average molecular weight is 206 g/mol. The third-order valence-corrected chi connectivity index (χ3v) is 2.83. The van der Waals surface area contributed by atoms with E-state index < -0.39 is 0 Å². The molecule has 0 amide bonds. The van der Waals surface area contributed by atoms with Crippen LogP contribution in [0.1, 0.15) is 31.4 Å². The summed E-state index contributed by atoms with van der Waals surface area (Å²) in [6, 6.07) is 4.93. The van der Waals surface area contributed by atoms with Crippen molar-refractivity contribution in [2.24, 2.45) is 0 Å². The van der Waals surface area contributed by atoms with Gasteiger partial charge in [-0.05, 0) is 31.4 Å². The first-order chi connectivity index (χ1) is 7.36. The molecule has 3 heteroatoms. The van der Waals surface area contributed by atoms with Gasteiger partial charge in [0, 0.05) is 31.1 Å². The molecule has 0 radical (unpaired) electrons. The van der Waals surface area contributed by atoms with Crippen LogP contribution in [0.4, 0.5) is 0 Å². The Morgan fingerprint density at radius 3 is 3.20 bits per heavy atom. The van der Waals surface area contributed by atoms with Crippen LogP contribution in [0.15, 0.2) is 24.5 Å². The van der Waals surface area contributed by atoms with E-state index in [2.05, 4.69) is 23.3 Å². The summed E-state index contributed by atoms with van der Waals surface area (Å²) in [5.74, 6) is 0. The van der Waals surface area contributed by atoms with Gasteiger partial charge in [0.15, 0.2) is 0 Å². The zero-order valence-electron chi connectivity index (χ0n) is 9.15. The highest BCUT2D eigenvalue weighted by molar-refractivity contribution is 5.12. The quantitative estimate of drug-likeness (QED) is 0.820. The van der Waals surface area contributed by atoms with Gasteiger partial charge in [-0.15, -0.1) is 0 Å². The highest BCUT2D eigenvalue weighted by Crippen LogP contribution is 2.14. The van der Waals surface area contributed by atoms with E-state index in [0.29, 0.717) is 12.1 Å². The molecule has 3 nitrogen and oxygen atoms in total. The van der Waals surface area contributed by atoms with Crippen molar-refractivity contribution in [1.82, 2.24) is 10.3 Å². The summed E-state index contributed by atoms with van der Waals surface area (Å²) in [6.45, 7) is 3.93. The van der Waals surface area contributed by atoms with Crippen molar-refractivity contribution >= 4 is 0 Å². The molecular formula is C12H18N2O. The zero-order chi connectivity index (χ0) is 10.5. The van der Waals surface area contributed by atoms with Gasteiger partial charge >= 0.3 is 0 Å². The fourth-order valence-corrected chi connectivity index (χ4v) is 1.95. The summed E-state index contributed by atoms with van der Waals surface area (Å²) in [7, 11) is 0. The summed E-state index contributed by atoms with van der Waals surface area (Å²) in [5.41, 5.74) is 1.24. The molecule has 1 N–H and O–H groups in total. The number of ether oxygens (including phenoxy) is 1. The molecule has 2 unspecified atom stereocenters. The van der Waals surface area contributed by atoms with E-state index in [4.69, 9.17) is 4.74 Å². The molecule has 1 fully saturated rings. The normalized spacial score (nSPS) is 23.7. The smallest absolute Gasteiger partial charge is 0.0619 e. The Morgan fingerprint density at radius 2 is 2.53 bits per heavy atom. The molecule has 0 aromatic carbocycles. The van der Waals surface area contributed by atoms with Crippen molar-refractivity contribution in [2.75, 3.05) is 13.2 Å². The molecule has 0 aliphatic carbocycles. The average Bonchev–Trinajstić information content (AvgIpc) is 2.31. The van der Waals surface area contributed by atoms with Crippen LogP contribution in [-0.2, 0) is 4.74 Å². The van der Waals surface area contributed by atoms with Crippen molar-refractivity contribution in [2.45, 2.75) is 31.8 Å². The van der Waals surface area contributed by atoms with E-state index >= 15 is 0 Å². The zero-order valence-corrected chi connectivity index (χ0v) is 9.15. The molecule has 2 heterocycles. The topological polar surface area (TPSA) is 34.1 Å². The van der Waals surface area contributed by atoms with Crippen LogP contribution in [0.2, 0.25) is 0 Å². The number of hydrogen-bond donors (Lipinski definition) is 1. The van der Waals surface area contributed by atoms with Crippen LogP contribution in [0.25, 0.3) is 0 Å². The van der Waals surface area contributed by atoms with Crippen molar-refractivity contribution in [3.05, 3.63) is 30.1 Å². The Morgan fingerprint density at radius 1 is 1.60 bits per heavy atom. The van der Waals surface area contributed by atoms with E-state index in [1.807, 2.05) is 12.3 Å². The van der Waals surface area contributed by atoms with Crippen LogP contribution in [-0.4, -0.2) is 24.2 Å². The summed E-state index contributed by atoms with van der Waals surface area (Å²) in [6.07, 6.45) is 6.10. The first-order valence-electron chi connectivity index (χ1n) is 5.60. The largest absolute Gasteiger partial charge is 0.380 e. The fraction of sp³-hybridized carbons (Fsp3) is 0.583. The van der Waals surface area contributed by atoms with Crippen LogP contribution >= 0.6 is 0 Å². The number of pyridine rings is 1. The van der Waals surface area contributed by atoms with Crippen molar-refractivity contribution in [3.8, 4) is 0 Å². The van der Waals surface area contributed by atoms with Crippen LogP contribution in [0.5, 0.6) is 0 Å². The van der Waals surface area contributed by atoms with Gasteiger partial charge in [-0.3, -0.25) is 4.98 Å². The Bertz CT molecular complexity index is 283. The molecule has 0 bridgehead atoms. The fourth-order valence-electron chi connectivity index (χ4n) is 1.95. The van der Waals surface area contributed by atoms with Gasteiger partial charge in [-0.1, -0.05) is 6.07 Å². The van der Waals surface area contributed by atoms with Gasteiger partial charge < -0.3 is 10.1 Å². The van der Waals surface area contributed by atoms with Crippen molar-refractivity contribution in [3.63, 3.8) is 0 Å². The standard InChI is InChI=1S/C12H18N2O/c1-10(11-4-2-6-13-8-11)14-12-5-3-7-15-9-12/h2,4,6,8,10,12,14H,3,5,7,9H2,1H3. The second-order valence-corrected chi connectivity index (χ2v) is 4.09. The molecule has 1 aromatic heterocycles.